The number of hydrogen-bond acceptors (Lipinski definition) is 2. The smallest absolute Gasteiger partial charge is 0.335 e. The van der Waals surface area contributed by atoms with Gasteiger partial charge in [-0.3, -0.25) is 0 Å². The Balaban J connectivity index is 0. The number of rotatable bonds is 18. The van der Waals surface area contributed by atoms with E-state index in [1.54, 1.807) is 0 Å². The summed E-state index contributed by atoms with van der Waals surface area (Å²) in [5, 5.41) is 18.4. The molecule has 0 saturated heterocycles. The topological polar surface area (TPSA) is 57.5 Å². The first-order valence-corrected chi connectivity index (χ1v) is 10.5. The maximum Gasteiger partial charge on any atom is 0.335 e. The van der Waals surface area contributed by atoms with Crippen LogP contribution < -0.4 is 0 Å². The molecule has 0 fully saturated rings. The molecule has 0 aromatic heterocycles. The van der Waals surface area contributed by atoms with E-state index in [2.05, 4.69) is 6.92 Å². The number of unbranched alkanes of at least 4 members (excludes halogenated alkanes) is 15. The van der Waals surface area contributed by atoms with Crippen LogP contribution in [0.15, 0.2) is 0 Å². The predicted molar refractivity (Wildman–Crippen MR) is 108 cm³/mol. The first-order valence-electron chi connectivity index (χ1n) is 10.5. The third kappa shape index (κ3) is 19.3. The summed E-state index contributed by atoms with van der Waals surface area (Å²) in [6, 6.07) is 0. The van der Waals surface area contributed by atoms with E-state index in [4.69, 9.17) is 5.11 Å². The summed E-state index contributed by atoms with van der Waals surface area (Å²) in [5.74, 6) is -1.11. The van der Waals surface area contributed by atoms with Gasteiger partial charge in [0, 0.05) is 37.7 Å². The first-order chi connectivity index (χ1) is 11.5. The number of carbonyl (C=O) groups is 1. The molecule has 0 bridgehead atoms. The van der Waals surface area contributed by atoms with Gasteiger partial charge in [0.15, 0.2) is 5.60 Å². The summed E-state index contributed by atoms with van der Waals surface area (Å²) < 4.78 is 0. The normalized spacial score (nSPS) is 13.2. The van der Waals surface area contributed by atoms with Gasteiger partial charge in [-0.05, 0) is 19.8 Å². The Morgan fingerprint density at radius 2 is 0.960 bits per heavy atom. The molecule has 0 heterocycles. The third-order valence-corrected chi connectivity index (χ3v) is 4.98. The van der Waals surface area contributed by atoms with Crippen molar-refractivity contribution in [3.8, 4) is 0 Å². The van der Waals surface area contributed by atoms with Crippen molar-refractivity contribution in [2.45, 2.75) is 129 Å². The van der Waals surface area contributed by atoms with Crippen molar-refractivity contribution in [3.05, 3.63) is 0 Å². The Morgan fingerprint density at radius 1 is 0.680 bits per heavy atom. The SMILES string of the molecule is CCCCCCCCCCCCCCCCCCC(C)(O)C(=O)O.[Ca]. The van der Waals surface area contributed by atoms with Crippen LogP contribution in [0.4, 0.5) is 0 Å². The molecule has 0 aliphatic carbocycles. The zero-order chi connectivity index (χ0) is 18.1. The number of carboxylic acids is 1. The van der Waals surface area contributed by atoms with Crippen LogP contribution in [-0.4, -0.2) is 59.5 Å². The zero-order valence-corrected chi connectivity index (χ0v) is 19.2. The summed E-state index contributed by atoms with van der Waals surface area (Å²) >= 11 is 0. The van der Waals surface area contributed by atoms with E-state index >= 15 is 0 Å². The molecule has 0 amide bonds. The fourth-order valence-corrected chi connectivity index (χ4v) is 3.12. The van der Waals surface area contributed by atoms with Gasteiger partial charge in [0.25, 0.3) is 0 Å². The van der Waals surface area contributed by atoms with Gasteiger partial charge in [0.05, 0.1) is 0 Å². The van der Waals surface area contributed by atoms with Crippen molar-refractivity contribution in [2.24, 2.45) is 0 Å². The van der Waals surface area contributed by atoms with Crippen molar-refractivity contribution < 1.29 is 15.0 Å². The molecule has 3 nitrogen and oxygen atoms in total. The van der Waals surface area contributed by atoms with Gasteiger partial charge in [0.1, 0.15) is 0 Å². The summed E-state index contributed by atoms with van der Waals surface area (Å²) in [4.78, 5) is 10.8. The quantitative estimate of drug-likeness (QED) is 0.223. The van der Waals surface area contributed by atoms with Crippen LogP contribution in [-0.2, 0) is 4.79 Å². The van der Waals surface area contributed by atoms with Crippen molar-refractivity contribution in [2.75, 3.05) is 0 Å². The minimum Gasteiger partial charge on any atom is -0.479 e. The molecule has 1 unspecified atom stereocenters. The molecule has 0 aromatic carbocycles. The minimum absolute atomic E-state index is 0. The van der Waals surface area contributed by atoms with Crippen molar-refractivity contribution in [1.29, 1.82) is 0 Å². The van der Waals surface area contributed by atoms with Gasteiger partial charge in [-0.15, -0.1) is 0 Å². The summed E-state index contributed by atoms with van der Waals surface area (Å²) in [6.45, 7) is 3.66. The molecule has 1 atom stereocenters. The Labute approximate surface area is 186 Å². The van der Waals surface area contributed by atoms with Crippen LogP contribution >= 0.6 is 0 Å². The number of hydrogen-bond donors (Lipinski definition) is 2. The van der Waals surface area contributed by atoms with Crippen LogP contribution in [0.1, 0.15) is 123 Å². The van der Waals surface area contributed by atoms with E-state index in [0.717, 1.165) is 19.3 Å². The molecule has 146 valence electrons. The molecular formula is C21H42CaO3. The largest absolute Gasteiger partial charge is 0.479 e. The second kappa shape index (κ2) is 19.5. The second-order valence-corrected chi connectivity index (χ2v) is 7.63. The molecule has 25 heavy (non-hydrogen) atoms. The molecule has 0 saturated carbocycles. The average molecular weight is 383 g/mol. The second-order valence-electron chi connectivity index (χ2n) is 7.63. The maximum absolute atomic E-state index is 10.8. The van der Waals surface area contributed by atoms with Gasteiger partial charge < -0.3 is 10.2 Å². The van der Waals surface area contributed by atoms with Crippen LogP contribution in [0.25, 0.3) is 0 Å². The van der Waals surface area contributed by atoms with Crippen LogP contribution in [0.3, 0.4) is 0 Å². The van der Waals surface area contributed by atoms with Gasteiger partial charge in [-0.25, -0.2) is 4.79 Å². The minimum atomic E-state index is -1.55. The third-order valence-electron chi connectivity index (χ3n) is 4.98. The number of aliphatic hydroxyl groups is 1. The molecule has 0 aliphatic rings. The zero-order valence-electron chi connectivity index (χ0n) is 17.0. The average Bonchev–Trinajstić information content (AvgIpc) is 2.54. The Kier molecular flexibility index (Phi) is 21.7. The fraction of sp³-hybridized carbons (Fsp3) is 0.952. The standard InChI is InChI=1S/C21H42O3.Ca/c1-3-4-5-6-7-8-9-10-11-12-13-14-15-16-17-18-19-21(2,24)20(22)23;/h24H,3-19H2,1-2H3,(H,22,23);. The molecule has 4 heteroatoms. The van der Waals surface area contributed by atoms with E-state index in [1.165, 1.54) is 90.4 Å². The Hall–Kier alpha value is 0.690. The van der Waals surface area contributed by atoms with E-state index in [-0.39, 0.29) is 37.7 Å². The van der Waals surface area contributed by atoms with Crippen molar-refractivity contribution >= 4 is 43.7 Å². The summed E-state index contributed by atoms with van der Waals surface area (Å²) in [7, 11) is 0. The molecule has 0 spiro atoms. The number of aliphatic carboxylic acids is 1. The molecular weight excluding hydrogens is 340 g/mol. The van der Waals surface area contributed by atoms with Gasteiger partial charge in [-0.2, -0.15) is 0 Å². The molecule has 2 N–H and O–H groups in total. The number of carboxylic acid groups (broad SMARTS) is 1. The molecule has 2 radical (unpaired) electrons. The van der Waals surface area contributed by atoms with Crippen LogP contribution in [0.2, 0.25) is 0 Å². The van der Waals surface area contributed by atoms with E-state index in [1.807, 2.05) is 0 Å². The van der Waals surface area contributed by atoms with Gasteiger partial charge in [0.2, 0.25) is 0 Å². The van der Waals surface area contributed by atoms with Gasteiger partial charge >= 0.3 is 5.97 Å². The summed E-state index contributed by atoms with van der Waals surface area (Å²) in [6.07, 6.45) is 21.2. The fourth-order valence-electron chi connectivity index (χ4n) is 3.12. The van der Waals surface area contributed by atoms with E-state index < -0.39 is 11.6 Å². The monoisotopic (exact) mass is 382 g/mol. The Morgan fingerprint density at radius 3 is 1.24 bits per heavy atom. The Bertz CT molecular complexity index is 293. The summed E-state index contributed by atoms with van der Waals surface area (Å²) in [5.41, 5.74) is -1.55. The van der Waals surface area contributed by atoms with Crippen LogP contribution in [0, 0.1) is 0 Å². The van der Waals surface area contributed by atoms with Gasteiger partial charge in [-0.1, -0.05) is 103 Å². The van der Waals surface area contributed by atoms with E-state index in [9.17, 15) is 9.90 Å². The maximum atomic E-state index is 10.8. The molecule has 0 aromatic rings. The molecule has 0 rings (SSSR count). The van der Waals surface area contributed by atoms with E-state index in [0.29, 0.717) is 6.42 Å². The van der Waals surface area contributed by atoms with Crippen molar-refractivity contribution in [3.63, 3.8) is 0 Å². The van der Waals surface area contributed by atoms with Crippen molar-refractivity contribution in [1.82, 2.24) is 0 Å². The first kappa shape index (κ1) is 27.9. The predicted octanol–water partition coefficient (Wildman–Crippen LogP) is 6.09. The molecule has 0 aliphatic heterocycles. The van der Waals surface area contributed by atoms with Crippen LogP contribution in [0.5, 0.6) is 0 Å².